The summed E-state index contributed by atoms with van der Waals surface area (Å²) in [4.78, 5) is 41.8. The highest BCUT2D eigenvalue weighted by molar-refractivity contribution is 5.97. The molecule has 11 heteroatoms. The highest BCUT2D eigenvalue weighted by Crippen LogP contribution is 2.45. The van der Waals surface area contributed by atoms with E-state index >= 15 is 0 Å². The molecule has 2 aliphatic heterocycles. The van der Waals surface area contributed by atoms with Gasteiger partial charge in [-0.2, -0.15) is 0 Å². The van der Waals surface area contributed by atoms with Crippen LogP contribution in [0, 0.1) is 17.2 Å². The Kier molecular flexibility index (Phi) is 9.39. The van der Waals surface area contributed by atoms with Gasteiger partial charge >= 0.3 is 6.03 Å². The first-order valence-electron chi connectivity index (χ1n) is 15.5. The highest BCUT2D eigenvalue weighted by Gasteiger charge is 2.46. The first-order valence-corrected chi connectivity index (χ1v) is 15.5. The minimum atomic E-state index is -0.491. The molecule has 3 fully saturated rings. The Morgan fingerprint density at radius 1 is 1.09 bits per heavy atom. The van der Waals surface area contributed by atoms with Crippen LogP contribution in [0.4, 0.5) is 15.0 Å². The van der Waals surface area contributed by atoms with Crippen molar-refractivity contribution in [3.8, 4) is 11.5 Å². The van der Waals surface area contributed by atoms with Gasteiger partial charge in [0.1, 0.15) is 17.9 Å². The van der Waals surface area contributed by atoms with E-state index in [9.17, 15) is 14.0 Å². The zero-order valence-corrected chi connectivity index (χ0v) is 26.2. The van der Waals surface area contributed by atoms with E-state index in [-0.39, 0.29) is 34.7 Å². The number of nitrogens with zero attached hydrogens (tertiary/aromatic N) is 6. The number of carbonyl (C=O) groups is 2. The molecule has 1 aliphatic carbocycles. The summed E-state index contributed by atoms with van der Waals surface area (Å²) in [6, 6.07) is 4.27. The maximum Gasteiger partial charge on any atom is 0.317 e. The Morgan fingerprint density at radius 3 is 2.44 bits per heavy atom. The molecule has 1 N–H and O–H groups in total. The van der Waals surface area contributed by atoms with Crippen molar-refractivity contribution in [2.45, 2.75) is 64.5 Å². The van der Waals surface area contributed by atoms with Crippen LogP contribution in [0.2, 0.25) is 0 Å². The highest BCUT2D eigenvalue weighted by atomic mass is 19.1. The van der Waals surface area contributed by atoms with Crippen molar-refractivity contribution in [3.05, 3.63) is 42.1 Å². The topological polar surface area (TPSA) is 94.1 Å². The van der Waals surface area contributed by atoms with Gasteiger partial charge in [0, 0.05) is 58.3 Å². The number of amides is 3. The van der Waals surface area contributed by atoms with Crippen LogP contribution < -0.4 is 15.0 Å². The predicted octanol–water partition coefficient (Wildman–Crippen LogP) is 4.62. The number of aromatic nitrogens is 2. The quantitative estimate of drug-likeness (QED) is 0.476. The van der Waals surface area contributed by atoms with Gasteiger partial charge in [-0.1, -0.05) is 0 Å². The fourth-order valence-electron chi connectivity index (χ4n) is 6.52. The van der Waals surface area contributed by atoms with Crippen molar-refractivity contribution in [1.82, 2.24) is 30.0 Å². The van der Waals surface area contributed by atoms with E-state index in [1.807, 2.05) is 13.8 Å². The van der Waals surface area contributed by atoms with E-state index in [0.29, 0.717) is 23.5 Å². The van der Waals surface area contributed by atoms with Crippen LogP contribution in [0.25, 0.3) is 0 Å². The molecule has 3 amide bonds. The van der Waals surface area contributed by atoms with Gasteiger partial charge in [0.2, 0.25) is 0 Å². The average molecular weight is 596 g/mol. The van der Waals surface area contributed by atoms with Crippen LogP contribution in [0.15, 0.2) is 30.7 Å². The summed E-state index contributed by atoms with van der Waals surface area (Å²) in [5.41, 5.74) is 0.439. The lowest BCUT2D eigenvalue weighted by atomic mass is 9.71. The number of carbonyl (C=O) groups excluding carboxylic acids is 2. The van der Waals surface area contributed by atoms with Gasteiger partial charge < -0.3 is 29.7 Å². The zero-order chi connectivity index (χ0) is 30.7. The van der Waals surface area contributed by atoms with Gasteiger partial charge in [-0.15, -0.1) is 0 Å². The number of hydrogen-bond donors (Lipinski definition) is 1. The minimum absolute atomic E-state index is 0.00440. The molecule has 0 atom stereocenters. The van der Waals surface area contributed by atoms with Crippen molar-refractivity contribution in [1.29, 1.82) is 0 Å². The third-order valence-electron chi connectivity index (χ3n) is 9.51. The van der Waals surface area contributed by atoms with E-state index in [2.05, 4.69) is 25.1 Å². The summed E-state index contributed by atoms with van der Waals surface area (Å²) < 4.78 is 20.4. The van der Waals surface area contributed by atoms with Crippen molar-refractivity contribution in [2.24, 2.45) is 11.3 Å². The molecule has 3 heterocycles. The predicted molar refractivity (Wildman–Crippen MR) is 164 cm³/mol. The van der Waals surface area contributed by atoms with Gasteiger partial charge in [-0.3, -0.25) is 4.79 Å². The number of anilines is 1. The first kappa shape index (κ1) is 31.0. The molecule has 2 aromatic rings. The maximum absolute atomic E-state index is 14.1. The average Bonchev–Trinajstić information content (AvgIpc) is 2.98. The minimum Gasteiger partial charge on any atom is -0.451 e. The third kappa shape index (κ3) is 7.20. The fraction of sp³-hybridized carbons (Fsp3) is 0.625. The summed E-state index contributed by atoms with van der Waals surface area (Å²) in [5.74, 6) is 1.34. The second-order valence-electron chi connectivity index (χ2n) is 13.2. The van der Waals surface area contributed by atoms with Crippen molar-refractivity contribution in [2.75, 3.05) is 58.8 Å². The molecule has 2 saturated heterocycles. The normalized spacial score (nSPS) is 21.8. The molecule has 0 unspecified atom stereocenters. The Hall–Kier alpha value is -3.47. The summed E-state index contributed by atoms with van der Waals surface area (Å²) in [6.45, 7) is 8.96. The number of rotatable bonds is 8. The lowest BCUT2D eigenvalue weighted by Crippen LogP contribution is -2.61. The van der Waals surface area contributed by atoms with Gasteiger partial charge in [-0.25, -0.2) is 19.2 Å². The molecular formula is C32H46FN7O3. The summed E-state index contributed by atoms with van der Waals surface area (Å²) in [6.07, 6.45) is 9.87. The smallest absolute Gasteiger partial charge is 0.317 e. The number of halogens is 1. The SMILES string of the molecule is CC(C)N(C)C(=O)c1cc(F)ccc1Oc1cncnc1N1CC2(CCN(C[C@H]3CC[C@H](NC(=O)N(C)C)CC3)CC2)C1. The molecule has 0 bridgehead atoms. The van der Waals surface area contributed by atoms with Crippen LogP contribution in [-0.4, -0.2) is 103 Å². The number of ether oxygens (including phenoxy) is 1. The molecular weight excluding hydrogens is 549 g/mol. The van der Waals surface area contributed by atoms with E-state index in [1.54, 1.807) is 37.1 Å². The molecule has 1 aromatic heterocycles. The van der Waals surface area contributed by atoms with Gasteiger partial charge in [-0.05, 0) is 89.6 Å². The van der Waals surface area contributed by atoms with Crippen molar-refractivity contribution < 1.29 is 18.7 Å². The number of urea groups is 1. The van der Waals surface area contributed by atoms with Gasteiger partial charge in [0.25, 0.3) is 5.91 Å². The molecule has 10 nitrogen and oxygen atoms in total. The Bertz CT molecular complexity index is 1280. The lowest BCUT2D eigenvalue weighted by Gasteiger charge is -2.54. The maximum atomic E-state index is 14.1. The lowest BCUT2D eigenvalue weighted by molar-refractivity contribution is 0.0615. The van der Waals surface area contributed by atoms with Crippen LogP contribution in [-0.2, 0) is 0 Å². The number of hydrogen-bond acceptors (Lipinski definition) is 7. The molecule has 0 radical (unpaired) electrons. The van der Waals surface area contributed by atoms with E-state index < -0.39 is 5.82 Å². The second-order valence-corrected chi connectivity index (χ2v) is 13.2. The molecule has 5 rings (SSSR count). The third-order valence-corrected chi connectivity index (χ3v) is 9.51. The molecule has 1 spiro atoms. The van der Waals surface area contributed by atoms with Crippen LogP contribution in [0.3, 0.4) is 0 Å². The number of benzene rings is 1. The van der Waals surface area contributed by atoms with Gasteiger partial charge in [0.15, 0.2) is 11.6 Å². The fourth-order valence-corrected chi connectivity index (χ4v) is 6.52. The number of nitrogens with one attached hydrogen (secondary N) is 1. The molecule has 3 aliphatic rings. The van der Waals surface area contributed by atoms with Crippen LogP contribution >= 0.6 is 0 Å². The Balaban J connectivity index is 1.14. The van der Waals surface area contributed by atoms with E-state index in [1.165, 1.54) is 37.4 Å². The van der Waals surface area contributed by atoms with Gasteiger partial charge in [0.05, 0.1) is 11.8 Å². The molecule has 234 valence electrons. The zero-order valence-electron chi connectivity index (χ0n) is 26.2. The summed E-state index contributed by atoms with van der Waals surface area (Å²) >= 11 is 0. The van der Waals surface area contributed by atoms with Crippen molar-refractivity contribution >= 4 is 17.8 Å². The number of likely N-dealkylation sites (tertiary alicyclic amines) is 1. The largest absolute Gasteiger partial charge is 0.451 e. The van der Waals surface area contributed by atoms with E-state index in [4.69, 9.17) is 4.74 Å². The van der Waals surface area contributed by atoms with Crippen LogP contribution in [0.1, 0.15) is 62.7 Å². The monoisotopic (exact) mass is 595 g/mol. The standard InChI is InChI=1S/C32H46FN7O3/c1-22(2)38(5)30(41)26-16-24(33)8-11-27(26)43-28-17-34-21-35-29(28)40-19-32(20-40)12-14-39(15-13-32)18-23-6-9-25(10-7-23)36-31(42)37(3)4/h8,11,16-17,21-23,25H,6-7,9-10,12-15,18-20H2,1-5H3,(H,36,42)/t23-,25-. The molecule has 43 heavy (non-hydrogen) atoms. The van der Waals surface area contributed by atoms with Crippen LogP contribution in [0.5, 0.6) is 11.5 Å². The number of piperidine rings is 1. The summed E-state index contributed by atoms with van der Waals surface area (Å²) in [5, 5.41) is 3.14. The molecule has 1 saturated carbocycles. The van der Waals surface area contributed by atoms with E-state index in [0.717, 1.165) is 58.4 Å². The Labute approximate surface area is 254 Å². The molecule has 1 aromatic carbocycles. The van der Waals surface area contributed by atoms with Crippen molar-refractivity contribution in [3.63, 3.8) is 0 Å². The first-order chi connectivity index (χ1) is 20.5. The second kappa shape index (κ2) is 13.0. The summed E-state index contributed by atoms with van der Waals surface area (Å²) in [7, 11) is 5.26. The Morgan fingerprint density at radius 2 is 1.79 bits per heavy atom.